The van der Waals surface area contributed by atoms with Crippen molar-refractivity contribution in [3.63, 3.8) is 0 Å². The molecule has 1 aromatic heterocycles. The van der Waals surface area contributed by atoms with Crippen molar-refractivity contribution in [1.29, 1.82) is 0 Å². The Labute approximate surface area is 111 Å². The van der Waals surface area contributed by atoms with E-state index in [1.165, 1.54) is 0 Å². The van der Waals surface area contributed by atoms with E-state index >= 15 is 0 Å². The highest BCUT2D eigenvalue weighted by Gasteiger charge is 2.13. The first-order valence-corrected chi connectivity index (χ1v) is 6.02. The van der Waals surface area contributed by atoms with Crippen LogP contribution in [0.15, 0.2) is 18.2 Å². The molecule has 4 nitrogen and oxygen atoms in total. The van der Waals surface area contributed by atoms with Gasteiger partial charge >= 0.3 is 0 Å². The summed E-state index contributed by atoms with van der Waals surface area (Å²) < 4.78 is 7.13. The standard InChI is InChI=1S/C13H16ClN3O/c1-8-13(16-12(7-15)17(8)2)9-4-5-11(18-3)10(14)6-9/h4-6H,7,15H2,1-3H3. The molecule has 0 bridgehead atoms. The van der Waals surface area contributed by atoms with E-state index in [4.69, 9.17) is 22.1 Å². The van der Waals surface area contributed by atoms with Crippen molar-refractivity contribution in [2.75, 3.05) is 7.11 Å². The van der Waals surface area contributed by atoms with Gasteiger partial charge in [0.05, 0.1) is 24.4 Å². The summed E-state index contributed by atoms with van der Waals surface area (Å²) in [7, 11) is 3.55. The SMILES string of the molecule is COc1ccc(-c2nc(CN)n(C)c2C)cc1Cl. The van der Waals surface area contributed by atoms with Crippen LogP contribution in [0.5, 0.6) is 5.75 Å². The van der Waals surface area contributed by atoms with Gasteiger partial charge in [0.15, 0.2) is 0 Å². The van der Waals surface area contributed by atoms with Crippen molar-refractivity contribution in [2.45, 2.75) is 13.5 Å². The Balaban J connectivity index is 2.52. The van der Waals surface area contributed by atoms with Crippen molar-refractivity contribution in [3.05, 3.63) is 34.7 Å². The number of hydrogen-bond donors (Lipinski definition) is 1. The van der Waals surface area contributed by atoms with E-state index in [0.29, 0.717) is 17.3 Å². The first-order valence-electron chi connectivity index (χ1n) is 5.64. The minimum atomic E-state index is 0.418. The molecule has 0 aliphatic carbocycles. The summed E-state index contributed by atoms with van der Waals surface area (Å²) in [4.78, 5) is 4.53. The maximum atomic E-state index is 6.13. The van der Waals surface area contributed by atoms with E-state index in [2.05, 4.69) is 4.98 Å². The number of aromatic nitrogens is 2. The maximum Gasteiger partial charge on any atom is 0.137 e. The fourth-order valence-electron chi connectivity index (χ4n) is 1.91. The van der Waals surface area contributed by atoms with Crippen LogP contribution in [0.1, 0.15) is 11.5 Å². The van der Waals surface area contributed by atoms with Gasteiger partial charge in [0.2, 0.25) is 0 Å². The van der Waals surface area contributed by atoms with E-state index in [1.807, 2.05) is 36.7 Å². The zero-order valence-corrected chi connectivity index (χ0v) is 11.5. The third-order valence-corrected chi connectivity index (χ3v) is 3.38. The summed E-state index contributed by atoms with van der Waals surface area (Å²) in [5.41, 5.74) is 8.59. The zero-order valence-electron chi connectivity index (χ0n) is 10.7. The number of nitrogens with two attached hydrogens (primary N) is 1. The topological polar surface area (TPSA) is 53.1 Å². The molecule has 0 radical (unpaired) electrons. The molecule has 0 amide bonds. The lowest BCUT2D eigenvalue weighted by Crippen LogP contribution is -2.05. The van der Waals surface area contributed by atoms with E-state index in [0.717, 1.165) is 22.8 Å². The second-order valence-corrected chi connectivity index (χ2v) is 4.48. The molecule has 0 aliphatic rings. The number of benzene rings is 1. The van der Waals surface area contributed by atoms with Crippen LogP contribution in [0, 0.1) is 6.92 Å². The van der Waals surface area contributed by atoms with Gasteiger partial charge in [-0.1, -0.05) is 11.6 Å². The monoisotopic (exact) mass is 265 g/mol. The van der Waals surface area contributed by atoms with Crippen LogP contribution in [0.25, 0.3) is 11.3 Å². The summed E-state index contributed by atoms with van der Waals surface area (Å²) in [5.74, 6) is 1.52. The molecule has 0 saturated carbocycles. The van der Waals surface area contributed by atoms with Gasteiger partial charge in [-0.05, 0) is 25.1 Å². The molecule has 2 aromatic rings. The zero-order chi connectivity index (χ0) is 13.3. The summed E-state index contributed by atoms with van der Waals surface area (Å²) in [5, 5.41) is 0.578. The van der Waals surface area contributed by atoms with Crippen LogP contribution < -0.4 is 10.5 Å². The second-order valence-electron chi connectivity index (χ2n) is 4.07. The number of methoxy groups -OCH3 is 1. The Morgan fingerprint density at radius 3 is 2.67 bits per heavy atom. The third kappa shape index (κ3) is 2.09. The molecule has 2 rings (SSSR count). The third-order valence-electron chi connectivity index (χ3n) is 3.08. The fraction of sp³-hybridized carbons (Fsp3) is 0.308. The number of hydrogen-bond acceptors (Lipinski definition) is 3. The Morgan fingerprint density at radius 2 is 2.17 bits per heavy atom. The average Bonchev–Trinajstić information content (AvgIpc) is 2.66. The lowest BCUT2D eigenvalue weighted by atomic mass is 10.1. The van der Waals surface area contributed by atoms with Crippen LogP contribution in [0.2, 0.25) is 5.02 Å². The van der Waals surface area contributed by atoms with E-state index in [-0.39, 0.29) is 0 Å². The lowest BCUT2D eigenvalue weighted by molar-refractivity contribution is 0.415. The molecule has 0 aliphatic heterocycles. The van der Waals surface area contributed by atoms with Crippen molar-refractivity contribution in [2.24, 2.45) is 12.8 Å². The predicted molar refractivity (Wildman–Crippen MR) is 72.8 cm³/mol. The number of ether oxygens (including phenoxy) is 1. The molecule has 0 saturated heterocycles. The molecular formula is C13H16ClN3O. The van der Waals surface area contributed by atoms with Crippen LogP contribution in [0.4, 0.5) is 0 Å². The summed E-state index contributed by atoms with van der Waals surface area (Å²) >= 11 is 6.13. The minimum absolute atomic E-state index is 0.418. The largest absolute Gasteiger partial charge is 0.495 e. The Morgan fingerprint density at radius 1 is 1.44 bits per heavy atom. The molecule has 0 unspecified atom stereocenters. The summed E-state index contributed by atoms with van der Waals surface area (Å²) in [6, 6.07) is 5.64. The highest BCUT2D eigenvalue weighted by molar-refractivity contribution is 6.32. The second kappa shape index (κ2) is 5.00. The van der Waals surface area contributed by atoms with Crippen LogP contribution in [-0.2, 0) is 13.6 Å². The molecule has 1 aromatic carbocycles. The first kappa shape index (κ1) is 12.9. The van der Waals surface area contributed by atoms with Crippen LogP contribution >= 0.6 is 11.6 Å². The van der Waals surface area contributed by atoms with E-state index in [1.54, 1.807) is 7.11 Å². The van der Waals surface area contributed by atoms with Gasteiger partial charge in [0.1, 0.15) is 11.6 Å². The summed E-state index contributed by atoms with van der Waals surface area (Å²) in [6.45, 7) is 2.43. The Kier molecular flexibility index (Phi) is 3.59. The van der Waals surface area contributed by atoms with Crippen molar-refractivity contribution in [3.8, 4) is 17.0 Å². The lowest BCUT2D eigenvalue weighted by Gasteiger charge is -2.05. The molecule has 0 fully saturated rings. The molecule has 1 heterocycles. The number of rotatable bonds is 3. The molecule has 18 heavy (non-hydrogen) atoms. The maximum absolute atomic E-state index is 6.13. The average molecular weight is 266 g/mol. The van der Waals surface area contributed by atoms with Gasteiger partial charge in [-0.3, -0.25) is 0 Å². The van der Waals surface area contributed by atoms with E-state index < -0.39 is 0 Å². The molecule has 0 atom stereocenters. The van der Waals surface area contributed by atoms with Crippen molar-refractivity contribution < 1.29 is 4.74 Å². The molecule has 96 valence electrons. The van der Waals surface area contributed by atoms with Gasteiger partial charge in [0.25, 0.3) is 0 Å². The van der Waals surface area contributed by atoms with Gasteiger partial charge in [0, 0.05) is 18.3 Å². The van der Waals surface area contributed by atoms with Gasteiger partial charge in [-0.2, -0.15) is 0 Å². The van der Waals surface area contributed by atoms with Crippen molar-refractivity contribution >= 4 is 11.6 Å². The summed E-state index contributed by atoms with van der Waals surface area (Å²) in [6.07, 6.45) is 0. The minimum Gasteiger partial charge on any atom is -0.495 e. The van der Waals surface area contributed by atoms with Crippen LogP contribution in [0.3, 0.4) is 0 Å². The van der Waals surface area contributed by atoms with E-state index in [9.17, 15) is 0 Å². The predicted octanol–water partition coefficient (Wildman–Crippen LogP) is 2.52. The van der Waals surface area contributed by atoms with Gasteiger partial charge in [-0.15, -0.1) is 0 Å². The van der Waals surface area contributed by atoms with Crippen molar-refractivity contribution in [1.82, 2.24) is 9.55 Å². The highest BCUT2D eigenvalue weighted by atomic mass is 35.5. The number of nitrogens with zero attached hydrogens (tertiary/aromatic N) is 2. The highest BCUT2D eigenvalue weighted by Crippen LogP contribution is 2.31. The molecule has 2 N–H and O–H groups in total. The number of imidazole rings is 1. The molecule has 0 spiro atoms. The molecular weight excluding hydrogens is 250 g/mol. The number of halogens is 1. The fourth-order valence-corrected chi connectivity index (χ4v) is 2.16. The van der Waals surface area contributed by atoms with Gasteiger partial charge in [-0.25, -0.2) is 4.98 Å². The Hall–Kier alpha value is -1.52. The normalized spacial score (nSPS) is 10.7. The van der Waals surface area contributed by atoms with Crippen LogP contribution in [-0.4, -0.2) is 16.7 Å². The Bertz CT molecular complexity index is 578. The molecule has 5 heteroatoms. The quantitative estimate of drug-likeness (QED) is 0.928. The smallest absolute Gasteiger partial charge is 0.137 e. The first-order chi connectivity index (χ1) is 8.58. The van der Waals surface area contributed by atoms with Gasteiger partial charge < -0.3 is 15.0 Å².